The van der Waals surface area contributed by atoms with E-state index in [9.17, 15) is 0 Å². The first-order chi connectivity index (χ1) is 5.97. The van der Waals surface area contributed by atoms with Gasteiger partial charge in [-0.1, -0.05) is 12.2 Å². The van der Waals surface area contributed by atoms with Gasteiger partial charge in [0, 0.05) is 32.4 Å². The predicted octanol–water partition coefficient (Wildman–Crippen LogP) is 0.207. The van der Waals surface area contributed by atoms with Crippen molar-refractivity contribution in [3.63, 3.8) is 0 Å². The molecule has 3 nitrogen and oxygen atoms in total. The third-order valence-electron chi connectivity index (χ3n) is 2.19. The van der Waals surface area contributed by atoms with E-state index in [0.29, 0.717) is 0 Å². The number of hydrogen-bond donors (Lipinski definition) is 0. The molecule has 0 spiro atoms. The lowest BCUT2D eigenvalue weighted by Gasteiger charge is -2.36. The van der Waals surface area contributed by atoms with Crippen molar-refractivity contribution in [3.05, 3.63) is 24.4 Å². The molecule has 0 saturated carbocycles. The Morgan fingerprint density at radius 3 is 2.58 bits per heavy atom. The van der Waals surface area contributed by atoms with Crippen molar-refractivity contribution in [2.45, 2.75) is 0 Å². The van der Waals surface area contributed by atoms with Crippen LogP contribution in [0.15, 0.2) is 24.4 Å². The van der Waals surface area contributed by atoms with Gasteiger partial charge in [-0.3, -0.25) is 0 Å². The Labute approximate surface area is 73.3 Å². The largest absolute Gasteiger partial charge is 0.309 e. The molecule has 2 aliphatic rings. The Morgan fingerprint density at radius 2 is 1.92 bits per heavy atom. The van der Waals surface area contributed by atoms with E-state index in [4.69, 9.17) is 0 Å². The van der Waals surface area contributed by atoms with Crippen LogP contribution < -0.4 is 5.32 Å². The lowest BCUT2D eigenvalue weighted by Crippen LogP contribution is -2.48. The van der Waals surface area contributed by atoms with Crippen LogP contribution in [0, 0.1) is 0 Å². The third kappa shape index (κ3) is 1.68. The van der Waals surface area contributed by atoms with Crippen molar-refractivity contribution in [2.24, 2.45) is 0 Å². The number of rotatable bonds is 1. The molecule has 12 heavy (non-hydrogen) atoms. The average molecular weight is 164 g/mol. The number of hydrazine groups is 1. The number of hydrogen-bond acceptors (Lipinski definition) is 2. The molecule has 65 valence electrons. The summed E-state index contributed by atoms with van der Waals surface area (Å²) in [5.41, 5.74) is 0. The zero-order valence-electron chi connectivity index (χ0n) is 7.19. The second kappa shape index (κ2) is 3.74. The Balaban J connectivity index is 1.90. The number of piperazine rings is 1. The summed E-state index contributed by atoms with van der Waals surface area (Å²) in [6.07, 6.45) is 8.47. The first-order valence-electron chi connectivity index (χ1n) is 4.45. The average Bonchev–Trinajstić information content (AvgIpc) is 2.21. The van der Waals surface area contributed by atoms with Crippen LogP contribution in [-0.4, -0.2) is 42.7 Å². The van der Waals surface area contributed by atoms with Gasteiger partial charge in [0.05, 0.1) is 6.54 Å². The maximum atomic E-state index is 4.31. The maximum Gasteiger partial charge on any atom is 0.0524 e. The normalized spacial score (nSPS) is 24.8. The fourth-order valence-electron chi connectivity index (χ4n) is 1.52. The highest BCUT2D eigenvalue weighted by atomic mass is 15.6. The van der Waals surface area contributed by atoms with Gasteiger partial charge in [0.15, 0.2) is 0 Å². The van der Waals surface area contributed by atoms with E-state index in [-0.39, 0.29) is 0 Å². The quantitative estimate of drug-likeness (QED) is 0.552. The minimum absolute atomic E-state index is 0.980. The molecule has 0 aromatic carbocycles. The van der Waals surface area contributed by atoms with Gasteiger partial charge < -0.3 is 5.01 Å². The van der Waals surface area contributed by atoms with Crippen LogP contribution in [0.4, 0.5) is 0 Å². The third-order valence-corrected chi connectivity index (χ3v) is 2.19. The SMILES string of the molecule is C1=CCN(N2CC[N]CC2)C=C1. The Bertz CT molecular complexity index is 192. The van der Waals surface area contributed by atoms with E-state index in [1.165, 1.54) is 0 Å². The van der Waals surface area contributed by atoms with Gasteiger partial charge in [-0.2, -0.15) is 0 Å². The van der Waals surface area contributed by atoms with Crippen LogP contribution in [0.3, 0.4) is 0 Å². The number of allylic oxidation sites excluding steroid dienone is 2. The molecular formula is C9H14N3. The van der Waals surface area contributed by atoms with Crippen molar-refractivity contribution in [1.82, 2.24) is 15.3 Å². The van der Waals surface area contributed by atoms with Crippen LogP contribution in [0.1, 0.15) is 0 Å². The Kier molecular flexibility index (Phi) is 2.44. The van der Waals surface area contributed by atoms with E-state index in [2.05, 4.69) is 39.8 Å². The lowest BCUT2D eigenvalue weighted by atomic mass is 10.3. The zero-order valence-corrected chi connectivity index (χ0v) is 7.19. The second-order valence-electron chi connectivity index (χ2n) is 3.02. The summed E-state index contributed by atoms with van der Waals surface area (Å²) in [4.78, 5) is 0. The summed E-state index contributed by atoms with van der Waals surface area (Å²) >= 11 is 0. The van der Waals surface area contributed by atoms with Crippen molar-refractivity contribution < 1.29 is 0 Å². The van der Waals surface area contributed by atoms with Gasteiger partial charge in [-0.25, -0.2) is 10.3 Å². The van der Waals surface area contributed by atoms with E-state index >= 15 is 0 Å². The first-order valence-corrected chi connectivity index (χ1v) is 4.45. The first kappa shape index (κ1) is 7.83. The smallest absolute Gasteiger partial charge is 0.0524 e. The van der Waals surface area contributed by atoms with Crippen LogP contribution in [0.5, 0.6) is 0 Å². The van der Waals surface area contributed by atoms with Crippen molar-refractivity contribution in [1.29, 1.82) is 0 Å². The maximum absolute atomic E-state index is 4.31. The molecule has 0 amide bonds. The molecule has 2 aliphatic heterocycles. The summed E-state index contributed by atoms with van der Waals surface area (Å²) in [6.45, 7) is 5.11. The predicted molar refractivity (Wildman–Crippen MR) is 48.4 cm³/mol. The highest BCUT2D eigenvalue weighted by molar-refractivity contribution is 5.07. The second-order valence-corrected chi connectivity index (χ2v) is 3.02. The fourth-order valence-corrected chi connectivity index (χ4v) is 1.52. The summed E-state index contributed by atoms with van der Waals surface area (Å²) in [6, 6.07) is 0. The Hall–Kier alpha value is -0.800. The molecule has 0 aliphatic carbocycles. The summed E-state index contributed by atoms with van der Waals surface area (Å²) in [5, 5.41) is 8.92. The summed E-state index contributed by atoms with van der Waals surface area (Å²) in [7, 11) is 0. The highest BCUT2D eigenvalue weighted by Crippen LogP contribution is 2.05. The van der Waals surface area contributed by atoms with Gasteiger partial charge >= 0.3 is 0 Å². The Morgan fingerprint density at radius 1 is 1.08 bits per heavy atom. The van der Waals surface area contributed by atoms with Crippen molar-refractivity contribution in [2.75, 3.05) is 32.7 Å². The van der Waals surface area contributed by atoms with Gasteiger partial charge in [0.2, 0.25) is 0 Å². The molecule has 0 unspecified atom stereocenters. The van der Waals surface area contributed by atoms with Crippen molar-refractivity contribution >= 4 is 0 Å². The van der Waals surface area contributed by atoms with Gasteiger partial charge in [-0.05, 0) is 6.08 Å². The van der Waals surface area contributed by atoms with Gasteiger partial charge in [-0.15, -0.1) is 0 Å². The molecule has 0 bridgehead atoms. The summed E-state index contributed by atoms with van der Waals surface area (Å²) < 4.78 is 0. The summed E-state index contributed by atoms with van der Waals surface area (Å²) in [5.74, 6) is 0. The molecule has 0 aromatic rings. The minimum Gasteiger partial charge on any atom is -0.309 e. The molecule has 2 rings (SSSR count). The van der Waals surface area contributed by atoms with Crippen LogP contribution in [0.25, 0.3) is 0 Å². The van der Waals surface area contributed by atoms with Gasteiger partial charge in [0.1, 0.15) is 0 Å². The van der Waals surface area contributed by atoms with Gasteiger partial charge in [0.25, 0.3) is 0 Å². The number of nitrogens with zero attached hydrogens (tertiary/aromatic N) is 3. The highest BCUT2D eigenvalue weighted by Gasteiger charge is 2.14. The van der Waals surface area contributed by atoms with E-state index < -0.39 is 0 Å². The molecule has 1 radical (unpaired) electrons. The molecule has 0 N–H and O–H groups in total. The van der Waals surface area contributed by atoms with E-state index in [1.54, 1.807) is 0 Å². The van der Waals surface area contributed by atoms with E-state index in [1.807, 2.05) is 0 Å². The molecule has 1 saturated heterocycles. The molecule has 2 heterocycles. The van der Waals surface area contributed by atoms with Crippen LogP contribution >= 0.6 is 0 Å². The molecule has 3 heteroatoms. The zero-order chi connectivity index (χ0) is 8.23. The molecule has 1 fully saturated rings. The minimum atomic E-state index is 0.980. The molecule has 0 atom stereocenters. The molecule has 0 aromatic heterocycles. The van der Waals surface area contributed by atoms with E-state index in [0.717, 1.165) is 32.7 Å². The van der Waals surface area contributed by atoms with Crippen LogP contribution in [0.2, 0.25) is 0 Å². The van der Waals surface area contributed by atoms with Crippen LogP contribution in [-0.2, 0) is 0 Å². The monoisotopic (exact) mass is 164 g/mol. The topological polar surface area (TPSA) is 20.6 Å². The van der Waals surface area contributed by atoms with Crippen molar-refractivity contribution in [3.8, 4) is 0 Å². The fraction of sp³-hybridized carbons (Fsp3) is 0.556. The molecular weight excluding hydrogens is 150 g/mol. The lowest BCUT2D eigenvalue weighted by molar-refractivity contribution is 0.0188. The standard InChI is InChI=1S/C9H14N3/c1-2-6-11(7-3-1)12-8-4-10-5-9-12/h1-3,6H,4-5,7-9H2.